The lowest BCUT2D eigenvalue weighted by molar-refractivity contribution is -0.141. The van der Waals surface area contributed by atoms with Gasteiger partial charge in [-0.1, -0.05) is 23.2 Å². The predicted molar refractivity (Wildman–Crippen MR) is 97.6 cm³/mol. The van der Waals surface area contributed by atoms with Crippen molar-refractivity contribution in [1.82, 2.24) is 4.98 Å². The van der Waals surface area contributed by atoms with Crippen molar-refractivity contribution in [1.29, 1.82) is 0 Å². The Morgan fingerprint density at radius 2 is 1.92 bits per heavy atom. The molecule has 26 heavy (non-hydrogen) atoms. The number of carbonyl (C=O) groups excluding carboxylic acids is 1. The molecule has 0 unspecified atom stereocenters. The topological polar surface area (TPSA) is 83.6 Å². The van der Waals surface area contributed by atoms with E-state index in [-0.39, 0.29) is 18.9 Å². The van der Waals surface area contributed by atoms with Gasteiger partial charge in [-0.3, -0.25) is 9.59 Å². The first kappa shape index (κ1) is 16.9. The van der Waals surface area contributed by atoms with E-state index in [1.54, 1.807) is 36.4 Å². The summed E-state index contributed by atoms with van der Waals surface area (Å²) in [6.45, 7) is 0.143. The lowest BCUT2D eigenvalue weighted by atomic mass is 10.1. The van der Waals surface area contributed by atoms with Crippen LogP contribution in [0.4, 0.5) is 5.69 Å². The van der Waals surface area contributed by atoms with Crippen LogP contribution >= 0.6 is 23.2 Å². The van der Waals surface area contributed by atoms with Crippen molar-refractivity contribution in [3.05, 3.63) is 46.4 Å². The van der Waals surface area contributed by atoms with Crippen LogP contribution in [0.3, 0.4) is 0 Å². The van der Waals surface area contributed by atoms with E-state index < -0.39 is 11.9 Å². The maximum atomic E-state index is 12.1. The summed E-state index contributed by atoms with van der Waals surface area (Å²) in [7, 11) is 0. The van der Waals surface area contributed by atoms with Gasteiger partial charge in [-0.2, -0.15) is 0 Å². The van der Waals surface area contributed by atoms with Crippen LogP contribution in [0.5, 0.6) is 0 Å². The van der Waals surface area contributed by atoms with Crippen molar-refractivity contribution in [2.75, 3.05) is 11.4 Å². The lowest BCUT2D eigenvalue weighted by Crippen LogP contribution is -2.25. The van der Waals surface area contributed by atoms with Crippen LogP contribution in [0, 0.1) is 5.92 Å². The lowest BCUT2D eigenvalue weighted by Gasteiger charge is -2.15. The first-order valence-electron chi connectivity index (χ1n) is 7.81. The minimum absolute atomic E-state index is 0.00393. The summed E-state index contributed by atoms with van der Waals surface area (Å²) in [6.07, 6.45) is -0.00393. The number of hydrogen-bond donors (Lipinski definition) is 1. The molecule has 1 fully saturated rings. The van der Waals surface area contributed by atoms with Gasteiger partial charge in [0.05, 0.1) is 5.92 Å². The first-order chi connectivity index (χ1) is 12.4. The summed E-state index contributed by atoms with van der Waals surface area (Å²) in [4.78, 5) is 29.1. The number of rotatable bonds is 3. The number of hydrogen-bond acceptors (Lipinski definition) is 4. The third-order valence-corrected chi connectivity index (χ3v) is 4.70. The number of anilines is 1. The Morgan fingerprint density at radius 1 is 1.19 bits per heavy atom. The Hall–Kier alpha value is -2.57. The zero-order valence-corrected chi connectivity index (χ0v) is 14.8. The van der Waals surface area contributed by atoms with Crippen molar-refractivity contribution < 1.29 is 19.1 Å². The number of oxazole rings is 1. The van der Waals surface area contributed by atoms with E-state index in [0.29, 0.717) is 38.3 Å². The Balaban J connectivity index is 1.70. The molecule has 0 radical (unpaired) electrons. The number of benzene rings is 2. The van der Waals surface area contributed by atoms with E-state index >= 15 is 0 Å². The minimum atomic E-state index is -0.971. The van der Waals surface area contributed by atoms with Crippen LogP contribution in [0.2, 0.25) is 10.0 Å². The van der Waals surface area contributed by atoms with E-state index in [4.69, 9.17) is 32.7 Å². The summed E-state index contributed by atoms with van der Waals surface area (Å²) in [6, 6.07) is 10.1. The highest BCUT2D eigenvalue weighted by Crippen LogP contribution is 2.32. The molecule has 1 saturated heterocycles. The molecule has 0 bridgehead atoms. The largest absolute Gasteiger partial charge is 0.481 e. The molecular formula is C18H12Cl2N2O4. The maximum Gasteiger partial charge on any atom is 0.308 e. The average molecular weight is 391 g/mol. The van der Waals surface area contributed by atoms with Crippen molar-refractivity contribution in [3.63, 3.8) is 0 Å². The van der Waals surface area contributed by atoms with E-state index in [9.17, 15) is 9.59 Å². The number of aliphatic carboxylic acids is 1. The molecular weight excluding hydrogens is 379 g/mol. The summed E-state index contributed by atoms with van der Waals surface area (Å²) < 4.78 is 5.79. The van der Waals surface area contributed by atoms with E-state index in [1.165, 1.54) is 4.90 Å². The number of halogens is 2. The molecule has 0 spiro atoms. The van der Waals surface area contributed by atoms with E-state index in [1.807, 2.05) is 0 Å². The molecule has 2 aromatic carbocycles. The molecule has 1 atom stereocenters. The predicted octanol–water partition coefficient (Wildman–Crippen LogP) is 4.24. The van der Waals surface area contributed by atoms with Crippen molar-refractivity contribution in [3.8, 4) is 11.5 Å². The van der Waals surface area contributed by atoms with Crippen LogP contribution in [0.25, 0.3) is 22.6 Å². The van der Waals surface area contributed by atoms with Gasteiger partial charge in [-0.05, 0) is 30.3 Å². The second-order valence-electron chi connectivity index (χ2n) is 6.07. The highest BCUT2D eigenvalue weighted by atomic mass is 35.5. The molecule has 2 heterocycles. The summed E-state index contributed by atoms with van der Waals surface area (Å²) in [5.41, 5.74) is 2.32. The summed E-state index contributed by atoms with van der Waals surface area (Å²) in [5, 5.41) is 10.1. The second kappa shape index (κ2) is 6.30. The standard InChI is InChI=1S/C18H12Cl2N2O4/c19-11-3-9(4-12(20)6-11)17-21-14-2-1-13(7-15(14)26-17)22-8-10(18(24)25)5-16(22)23/h1-4,6-7,10H,5,8H2,(H,24,25)/t10-/m0/s1. The van der Waals surface area contributed by atoms with E-state index in [2.05, 4.69) is 4.98 Å². The number of aromatic nitrogens is 1. The molecule has 1 aliphatic heterocycles. The van der Waals surface area contributed by atoms with Gasteiger partial charge in [-0.25, -0.2) is 4.98 Å². The summed E-state index contributed by atoms with van der Waals surface area (Å²) in [5.74, 6) is -1.53. The molecule has 1 N–H and O–H groups in total. The molecule has 8 heteroatoms. The smallest absolute Gasteiger partial charge is 0.308 e. The van der Waals surface area contributed by atoms with Crippen LogP contribution in [0.15, 0.2) is 40.8 Å². The fourth-order valence-corrected chi connectivity index (χ4v) is 3.53. The van der Waals surface area contributed by atoms with Gasteiger partial charge in [0.1, 0.15) is 5.52 Å². The van der Waals surface area contributed by atoms with Crippen LogP contribution in [-0.2, 0) is 9.59 Å². The Bertz CT molecular complexity index is 1030. The fraction of sp³-hybridized carbons (Fsp3) is 0.167. The molecule has 0 saturated carbocycles. The highest BCUT2D eigenvalue weighted by molar-refractivity contribution is 6.35. The van der Waals surface area contributed by atoms with Crippen molar-refractivity contribution >= 4 is 51.9 Å². The molecule has 6 nitrogen and oxygen atoms in total. The number of nitrogens with zero attached hydrogens (tertiary/aromatic N) is 2. The van der Waals surface area contributed by atoms with Gasteiger partial charge in [-0.15, -0.1) is 0 Å². The average Bonchev–Trinajstić information content (AvgIpc) is 3.16. The van der Waals surface area contributed by atoms with Crippen LogP contribution < -0.4 is 4.90 Å². The minimum Gasteiger partial charge on any atom is -0.481 e. The number of amides is 1. The van der Waals surface area contributed by atoms with Crippen molar-refractivity contribution in [2.45, 2.75) is 6.42 Å². The highest BCUT2D eigenvalue weighted by Gasteiger charge is 2.35. The number of carboxylic acid groups (broad SMARTS) is 1. The molecule has 132 valence electrons. The number of carboxylic acids is 1. The third-order valence-electron chi connectivity index (χ3n) is 4.27. The summed E-state index contributed by atoms with van der Waals surface area (Å²) >= 11 is 12.0. The van der Waals surface area contributed by atoms with Crippen LogP contribution in [-0.4, -0.2) is 28.5 Å². The molecule has 1 amide bonds. The monoisotopic (exact) mass is 390 g/mol. The second-order valence-corrected chi connectivity index (χ2v) is 6.95. The van der Waals surface area contributed by atoms with Gasteiger partial charge in [0.15, 0.2) is 5.58 Å². The Kier molecular flexibility index (Phi) is 4.09. The Morgan fingerprint density at radius 3 is 2.58 bits per heavy atom. The normalized spacial score (nSPS) is 17.2. The zero-order valence-electron chi connectivity index (χ0n) is 13.3. The van der Waals surface area contributed by atoms with Crippen LogP contribution in [0.1, 0.15) is 6.42 Å². The molecule has 0 aliphatic carbocycles. The quantitative estimate of drug-likeness (QED) is 0.722. The number of fused-ring (bicyclic) bond motifs is 1. The molecule has 4 rings (SSSR count). The Labute approximate surface area is 157 Å². The van der Waals surface area contributed by atoms with Gasteiger partial charge in [0, 0.05) is 40.3 Å². The van der Waals surface area contributed by atoms with Gasteiger partial charge >= 0.3 is 5.97 Å². The van der Waals surface area contributed by atoms with Gasteiger partial charge in [0.25, 0.3) is 0 Å². The third kappa shape index (κ3) is 3.02. The fourth-order valence-electron chi connectivity index (χ4n) is 3.00. The SMILES string of the molecule is O=C(O)[C@H]1CC(=O)N(c2ccc3nc(-c4cc(Cl)cc(Cl)c4)oc3c2)C1. The number of carbonyl (C=O) groups is 2. The van der Waals surface area contributed by atoms with Gasteiger partial charge in [0.2, 0.25) is 11.8 Å². The maximum absolute atomic E-state index is 12.1. The molecule has 1 aliphatic rings. The molecule has 3 aromatic rings. The zero-order chi connectivity index (χ0) is 18.4. The van der Waals surface area contributed by atoms with Gasteiger partial charge < -0.3 is 14.4 Å². The van der Waals surface area contributed by atoms with Crippen molar-refractivity contribution in [2.24, 2.45) is 5.92 Å². The molecule has 1 aromatic heterocycles. The first-order valence-corrected chi connectivity index (χ1v) is 8.56. The van der Waals surface area contributed by atoms with E-state index in [0.717, 1.165) is 0 Å².